The van der Waals surface area contributed by atoms with Crippen LogP contribution in [0.2, 0.25) is 0 Å². The van der Waals surface area contributed by atoms with E-state index in [9.17, 15) is 27.6 Å². The number of fused-ring (bicyclic) bond motifs is 1. The first-order chi connectivity index (χ1) is 13.3. The molecule has 0 bridgehead atoms. The average Bonchev–Trinajstić information content (AvgIpc) is 2.94. The van der Waals surface area contributed by atoms with Gasteiger partial charge in [-0.15, -0.1) is 11.3 Å². The molecule has 2 amide bonds. The Morgan fingerprint density at radius 3 is 2.41 bits per heavy atom. The van der Waals surface area contributed by atoms with Gasteiger partial charge in [-0.05, 0) is 39.2 Å². The Labute approximate surface area is 170 Å². The summed E-state index contributed by atoms with van der Waals surface area (Å²) in [5.41, 5.74) is -0.498. The third-order valence-corrected chi connectivity index (χ3v) is 4.96. The van der Waals surface area contributed by atoms with Gasteiger partial charge in [-0.1, -0.05) is 6.92 Å². The van der Waals surface area contributed by atoms with Crippen molar-refractivity contribution in [3.05, 3.63) is 16.0 Å². The highest BCUT2D eigenvalue weighted by Gasteiger charge is 2.41. The summed E-state index contributed by atoms with van der Waals surface area (Å²) >= 11 is 0.823. The van der Waals surface area contributed by atoms with E-state index in [2.05, 4.69) is 0 Å². The van der Waals surface area contributed by atoms with Gasteiger partial charge in [0, 0.05) is 11.4 Å². The molecule has 0 atom stereocenters. The van der Waals surface area contributed by atoms with Crippen LogP contribution >= 0.6 is 11.3 Å². The van der Waals surface area contributed by atoms with Crippen molar-refractivity contribution in [2.24, 2.45) is 0 Å². The number of rotatable bonds is 4. The molecule has 0 unspecified atom stereocenters. The number of thiophene rings is 1. The highest BCUT2D eigenvalue weighted by atomic mass is 32.1. The summed E-state index contributed by atoms with van der Waals surface area (Å²) < 4.78 is 48.5. The molecule has 0 saturated heterocycles. The van der Waals surface area contributed by atoms with Gasteiger partial charge in [0.15, 0.2) is 0 Å². The van der Waals surface area contributed by atoms with Crippen molar-refractivity contribution < 1.29 is 37.0 Å². The van der Waals surface area contributed by atoms with E-state index in [1.165, 1.54) is 4.90 Å². The van der Waals surface area contributed by atoms with E-state index in [4.69, 9.17) is 9.47 Å². The molecule has 1 aliphatic rings. The molecule has 2 rings (SSSR count). The second-order valence-electron chi connectivity index (χ2n) is 7.45. The van der Waals surface area contributed by atoms with E-state index in [1.54, 1.807) is 26.1 Å². The number of nitrogens with one attached hydrogen (secondary N) is 1. The quantitative estimate of drug-likeness (QED) is 0.718. The molecule has 1 N–H and O–H groups in total. The van der Waals surface area contributed by atoms with Crippen molar-refractivity contribution in [2.75, 3.05) is 18.5 Å². The van der Waals surface area contributed by atoms with Gasteiger partial charge in [0.05, 0.1) is 18.7 Å². The maximum Gasteiger partial charge on any atom is 0.471 e. The molecule has 11 heteroatoms. The predicted octanol–water partition coefficient (Wildman–Crippen LogP) is 4.11. The van der Waals surface area contributed by atoms with Gasteiger partial charge in [0.25, 0.3) is 0 Å². The lowest BCUT2D eigenvalue weighted by molar-refractivity contribution is -0.167. The topological polar surface area (TPSA) is 84.9 Å². The third kappa shape index (κ3) is 5.84. The summed E-state index contributed by atoms with van der Waals surface area (Å²) in [6.07, 6.45) is -4.76. The van der Waals surface area contributed by atoms with Gasteiger partial charge in [-0.2, -0.15) is 13.2 Å². The number of alkyl halides is 3. The largest absolute Gasteiger partial charge is 0.471 e. The third-order valence-electron chi connectivity index (χ3n) is 3.83. The second kappa shape index (κ2) is 8.60. The number of hydrogen-bond acceptors (Lipinski definition) is 6. The number of nitrogens with zero attached hydrogens (tertiary/aromatic N) is 1. The molecule has 29 heavy (non-hydrogen) atoms. The molecule has 0 aromatic carbocycles. The van der Waals surface area contributed by atoms with Crippen molar-refractivity contribution in [1.29, 1.82) is 0 Å². The maximum atomic E-state index is 12.7. The monoisotopic (exact) mass is 436 g/mol. The number of halogens is 3. The Bertz CT molecular complexity index is 799. The summed E-state index contributed by atoms with van der Waals surface area (Å²) in [7, 11) is 0. The van der Waals surface area contributed by atoms with Crippen LogP contribution in [0.25, 0.3) is 0 Å². The first-order valence-electron chi connectivity index (χ1n) is 9.01. The van der Waals surface area contributed by atoms with E-state index in [0.29, 0.717) is 16.9 Å². The fraction of sp³-hybridized carbons (Fsp3) is 0.611. The van der Waals surface area contributed by atoms with Crippen LogP contribution in [0.15, 0.2) is 0 Å². The molecule has 1 aliphatic heterocycles. The lowest BCUT2D eigenvalue weighted by Gasteiger charge is -2.27. The standard InChI is InChI=1S/C18H23F3N2O5S/c1-5-8-27-16(26)23-7-6-10-11(9-23)29-13(22-15(25)18(19,20)21)12(10)14(24)28-17(2,3)4/h5-9H2,1-4H3,(H,22,25). The van der Waals surface area contributed by atoms with Crippen molar-refractivity contribution in [3.63, 3.8) is 0 Å². The molecule has 0 radical (unpaired) electrons. The first-order valence-corrected chi connectivity index (χ1v) is 9.83. The SMILES string of the molecule is CCCOC(=O)N1CCc2c(sc(NC(=O)C(F)(F)F)c2C(=O)OC(C)(C)C)C1. The fourth-order valence-electron chi connectivity index (χ4n) is 2.65. The zero-order valence-electron chi connectivity index (χ0n) is 16.6. The van der Waals surface area contributed by atoms with Crippen LogP contribution in [-0.2, 0) is 27.2 Å². The number of carbonyl (C=O) groups excluding carboxylic acids is 3. The summed E-state index contributed by atoms with van der Waals surface area (Å²) in [5.74, 6) is -3.00. The Kier molecular flexibility index (Phi) is 6.82. The molecular formula is C18H23F3N2O5S. The number of esters is 1. The van der Waals surface area contributed by atoms with Crippen LogP contribution in [0.5, 0.6) is 0 Å². The molecule has 1 aromatic heterocycles. The zero-order valence-corrected chi connectivity index (χ0v) is 17.4. The Morgan fingerprint density at radius 1 is 1.21 bits per heavy atom. The maximum absolute atomic E-state index is 12.7. The summed E-state index contributed by atoms with van der Waals surface area (Å²) in [6.45, 7) is 7.29. The molecule has 1 aromatic rings. The van der Waals surface area contributed by atoms with E-state index in [1.807, 2.05) is 6.92 Å². The van der Waals surface area contributed by atoms with Crippen molar-refractivity contribution in [3.8, 4) is 0 Å². The van der Waals surface area contributed by atoms with Gasteiger partial charge >= 0.3 is 24.1 Å². The lowest BCUT2D eigenvalue weighted by atomic mass is 10.0. The fourth-order valence-corrected chi connectivity index (χ4v) is 3.89. The second-order valence-corrected chi connectivity index (χ2v) is 8.55. The number of anilines is 1. The number of amides is 2. The highest BCUT2D eigenvalue weighted by Crippen LogP contribution is 2.39. The van der Waals surface area contributed by atoms with Crippen LogP contribution in [0.3, 0.4) is 0 Å². The number of carbonyl (C=O) groups is 3. The normalized spacial score (nSPS) is 14.2. The van der Waals surface area contributed by atoms with Gasteiger partial charge in [-0.3, -0.25) is 4.79 Å². The van der Waals surface area contributed by atoms with E-state index < -0.39 is 29.7 Å². The lowest BCUT2D eigenvalue weighted by Crippen LogP contribution is -2.36. The van der Waals surface area contributed by atoms with E-state index in [0.717, 1.165) is 11.3 Å². The van der Waals surface area contributed by atoms with Gasteiger partial charge in [0.2, 0.25) is 0 Å². The first kappa shape index (κ1) is 23.0. The van der Waals surface area contributed by atoms with Crippen LogP contribution in [0.1, 0.15) is 54.9 Å². The molecule has 0 saturated carbocycles. The summed E-state index contributed by atoms with van der Waals surface area (Å²) in [5, 5.41) is 1.53. The predicted molar refractivity (Wildman–Crippen MR) is 99.9 cm³/mol. The molecule has 0 aliphatic carbocycles. The van der Waals surface area contributed by atoms with E-state index in [-0.39, 0.29) is 36.7 Å². The molecule has 0 fully saturated rings. The van der Waals surface area contributed by atoms with Gasteiger partial charge in [0.1, 0.15) is 10.6 Å². The molecular weight excluding hydrogens is 413 g/mol. The number of hydrogen-bond donors (Lipinski definition) is 1. The smallest absolute Gasteiger partial charge is 0.456 e. The van der Waals surface area contributed by atoms with Crippen molar-refractivity contribution >= 4 is 34.3 Å². The van der Waals surface area contributed by atoms with Crippen LogP contribution < -0.4 is 5.32 Å². The zero-order chi connectivity index (χ0) is 22.0. The summed E-state index contributed by atoms with van der Waals surface area (Å²) in [4.78, 5) is 38.1. The highest BCUT2D eigenvalue weighted by molar-refractivity contribution is 7.17. The van der Waals surface area contributed by atoms with Crippen LogP contribution in [0, 0.1) is 0 Å². The van der Waals surface area contributed by atoms with Crippen molar-refractivity contribution in [2.45, 2.75) is 58.9 Å². The molecule has 0 spiro atoms. The van der Waals surface area contributed by atoms with Crippen molar-refractivity contribution in [1.82, 2.24) is 4.90 Å². The number of ether oxygens (including phenoxy) is 2. The summed E-state index contributed by atoms with van der Waals surface area (Å²) in [6, 6.07) is 0. The molecule has 2 heterocycles. The van der Waals surface area contributed by atoms with Crippen LogP contribution in [0.4, 0.5) is 23.0 Å². The van der Waals surface area contributed by atoms with E-state index >= 15 is 0 Å². The minimum absolute atomic E-state index is 0.0697. The minimum atomic E-state index is -5.11. The van der Waals surface area contributed by atoms with Crippen LogP contribution in [-0.4, -0.2) is 47.8 Å². The molecule has 7 nitrogen and oxygen atoms in total. The van der Waals surface area contributed by atoms with Gasteiger partial charge < -0.3 is 19.7 Å². The van der Waals surface area contributed by atoms with Gasteiger partial charge in [-0.25, -0.2) is 9.59 Å². The Morgan fingerprint density at radius 2 is 1.86 bits per heavy atom. The Balaban J connectivity index is 2.36. The average molecular weight is 436 g/mol. The minimum Gasteiger partial charge on any atom is -0.456 e. The molecule has 162 valence electrons. The Hall–Kier alpha value is -2.30.